The highest BCUT2D eigenvalue weighted by Crippen LogP contribution is 2.18. The quantitative estimate of drug-likeness (QED) is 0.822. The van der Waals surface area contributed by atoms with Crippen LogP contribution in [0.1, 0.15) is 16.8 Å². The van der Waals surface area contributed by atoms with Crippen molar-refractivity contribution in [2.45, 2.75) is 12.8 Å². The van der Waals surface area contributed by atoms with E-state index in [0.717, 1.165) is 0 Å². The van der Waals surface area contributed by atoms with Gasteiger partial charge >= 0.3 is 5.97 Å². The summed E-state index contributed by atoms with van der Waals surface area (Å²) in [5.74, 6) is -1.02. The van der Waals surface area contributed by atoms with Gasteiger partial charge in [-0.15, -0.1) is 0 Å². The van der Waals surface area contributed by atoms with E-state index in [1.165, 1.54) is 12.1 Å². The van der Waals surface area contributed by atoms with Gasteiger partial charge in [-0.2, -0.15) is 0 Å². The first-order chi connectivity index (χ1) is 7.11. The van der Waals surface area contributed by atoms with Crippen molar-refractivity contribution in [2.75, 3.05) is 6.61 Å². The number of carbonyl (C=O) groups is 1. The summed E-state index contributed by atoms with van der Waals surface area (Å²) < 4.78 is 28.5. The Kier molecular flexibility index (Phi) is 4.03. The Labute approximate surface area is 85.3 Å². The summed E-state index contributed by atoms with van der Waals surface area (Å²) in [6.45, 7) is -0.193. The molecule has 1 rings (SSSR count). The average molecular weight is 216 g/mol. The van der Waals surface area contributed by atoms with Gasteiger partial charge in [-0.3, -0.25) is 0 Å². The van der Waals surface area contributed by atoms with E-state index in [2.05, 4.69) is 0 Å². The second-order valence-electron chi connectivity index (χ2n) is 2.83. The largest absolute Gasteiger partial charge is 0.492 e. The van der Waals surface area contributed by atoms with Crippen LogP contribution in [0.4, 0.5) is 8.78 Å². The molecular formula is C10H10F2O3. The van der Waals surface area contributed by atoms with E-state index in [-0.39, 0.29) is 17.9 Å². The van der Waals surface area contributed by atoms with Crippen molar-refractivity contribution in [3.05, 3.63) is 29.8 Å². The maximum absolute atomic E-state index is 11.8. The molecule has 0 aliphatic rings. The number of hydrogen-bond acceptors (Lipinski definition) is 2. The van der Waals surface area contributed by atoms with E-state index in [9.17, 15) is 13.6 Å². The minimum atomic E-state index is -2.44. The Bertz CT molecular complexity index is 339. The van der Waals surface area contributed by atoms with E-state index in [1.807, 2.05) is 0 Å². The molecule has 0 saturated carbocycles. The van der Waals surface area contributed by atoms with Gasteiger partial charge in [0.2, 0.25) is 6.43 Å². The zero-order valence-corrected chi connectivity index (χ0v) is 7.82. The van der Waals surface area contributed by atoms with Crippen LogP contribution in [0, 0.1) is 0 Å². The minimum Gasteiger partial charge on any atom is -0.492 e. The number of benzene rings is 1. The lowest BCUT2D eigenvalue weighted by atomic mass is 10.2. The Morgan fingerprint density at radius 3 is 2.67 bits per heavy atom. The summed E-state index contributed by atoms with van der Waals surface area (Å²) in [7, 11) is 0. The third-order valence-electron chi connectivity index (χ3n) is 1.71. The lowest BCUT2D eigenvalue weighted by molar-refractivity contribution is 0.0690. The van der Waals surface area contributed by atoms with Gasteiger partial charge in [0.25, 0.3) is 0 Å². The first-order valence-corrected chi connectivity index (χ1v) is 4.34. The number of ether oxygens (including phenoxy) is 1. The van der Waals surface area contributed by atoms with Gasteiger partial charge in [0.15, 0.2) is 0 Å². The number of halogens is 2. The SMILES string of the molecule is O=C(O)c1ccccc1OCCC(F)F. The van der Waals surface area contributed by atoms with Crippen LogP contribution in [0.5, 0.6) is 5.75 Å². The van der Waals surface area contributed by atoms with E-state index in [0.29, 0.717) is 0 Å². The molecule has 0 aromatic heterocycles. The number of aromatic carboxylic acids is 1. The number of hydrogen-bond donors (Lipinski definition) is 1. The van der Waals surface area contributed by atoms with E-state index in [4.69, 9.17) is 9.84 Å². The first-order valence-electron chi connectivity index (χ1n) is 4.34. The second kappa shape index (κ2) is 5.29. The van der Waals surface area contributed by atoms with Crippen LogP contribution >= 0.6 is 0 Å². The van der Waals surface area contributed by atoms with E-state index in [1.54, 1.807) is 12.1 Å². The van der Waals surface area contributed by atoms with Gasteiger partial charge < -0.3 is 9.84 Å². The van der Waals surface area contributed by atoms with Crippen molar-refractivity contribution in [3.8, 4) is 5.75 Å². The Hall–Kier alpha value is -1.65. The standard InChI is InChI=1S/C10H10F2O3/c11-9(12)5-6-15-8-4-2-1-3-7(8)10(13)14/h1-4,9H,5-6H2,(H,13,14). The Balaban J connectivity index is 2.63. The Morgan fingerprint density at radius 2 is 2.07 bits per heavy atom. The van der Waals surface area contributed by atoms with Crippen LogP contribution in [0.3, 0.4) is 0 Å². The molecule has 15 heavy (non-hydrogen) atoms. The molecule has 0 heterocycles. The number of carboxylic acids is 1. The summed E-state index contributed by atoms with van der Waals surface area (Å²) in [5, 5.41) is 8.75. The van der Waals surface area contributed by atoms with Crippen LogP contribution in [-0.2, 0) is 0 Å². The van der Waals surface area contributed by atoms with Crippen molar-refractivity contribution < 1.29 is 23.4 Å². The minimum absolute atomic E-state index is 0.0215. The molecule has 3 nitrogen and oxygen atoms in total. The predicted molar refractivity (Wildman–Crippen MR) is 49.5 cm³/mol. The van der Waals surface area contributed by atoms with Gasteiger partial charge in [-0.05, 0) is 12.1 Å². The third kappa shape index (κ3) is 3.53. The van der Waals surface area contributed by atoms with E-state index < -0.39 is 18.8 Å². The van der Waals surface area contributed by atoms with Gasteiger partial charge in [0, 0.05) is 6.42 Å². The zero-order chi connectivity index (χ0) is 11.3. The van der Waals surface area contributed by atoms with Crippen LogP contribution in [-0.4, -0.2) is 24.1 Å². The van der Waals surface area contributed by atoms with Gasteiger partial charge in [-0.25, -0.2) is 13.6 Å². The molecule has 0 unspecified atom stereocenters. The van der Waals surface area contributed by atoms with Crippen molar-refractivity contribution in [1.29, 1.82) is 0 Å². The molecule has 0 saturated heterocycles. The molecule has 0 bridgehead atoms. The summed E-state index contributed by atoms with van der Waals surface area (Å²) in [6.07, 6.45) is -2.85. The Morgan fingerprint density at radius 1 is 1.40 bits per heavy atom. The van der Waals surface area contributed by atoms with Gasteiger partial charge in [0.1, 0.15) is 11.3 Å². The summed E-state index contributed by atoms with van der Waals surface area (Å²) >= 11 is 0. The normalized spacial score (nSPS) is 10.3. The van der Waals surface area contributed by atoms with Crippen molar-refractivity contribution in [1.82, 2.24) is 0 Å². The topological polar surface area (TPSA) is 46.5 Å². The first kappa shape index (κ1) is 11.4. The summed E-state index contributed by atoms with van der Waals surface area (Å²) in [4.78, 5) is 10.7. The molecule has 0 amide bonds. The maximum atomic E-state index is 11.8. The van der Waals surface area contributed by atoms with Crippen molar-refractivity contribution in [3.63, 3.8) is 0 Å². The van der Waals surface area contributed by atoms with Gasteiger partial charge in [0.05, 0.1) is 6.61 Å². The number of rotatable bonds is 5. The molecular weight excluding hydrogens is 206 g/mol. The summed E-state index contributed by atoms with van der Waals surface area (Å²) in [6, 6.07) is 5.93. The molecule has 0 aliphatic carbocycles. The molecule has 1 N–H and O–H groups in total. The predicted octanol–water partition coefficient (Wildman–Crippen LogP) is 2.42. The highest BCUT2D eigenvalue weighted by atomic mass is 19.3. The highest BCUT2D eigenvalue weighted by Gasteiger charge is 2.10. The van der Waals surface area contributed by atoms with Crippen molar-refractivity contribution in [2.24, 2.45) is 0 Å². The summed E-state index contributed by atoms with van der Waals surface area (Å²) in [5.41, 5.74) is -0.0215. The fourth-order valence-electron chi connectivity index (χ4n) is 1.03. The fourth-order valence-corrected chi connectivity index (χ4v) is 1.03. The zero-order valence-electron chi connectivity index (χ0n) is 7.82. The average Bonchev–Trinajstić information content (AvgIpc) is 2.17. The lowest BCUT2D eigenvalue weighted by Crippen LogP contribution is -2.06. The molecule has 0 atom stereocenters. The molecule has 1 aromatic rings. The molecule has 0 fully saturated rings. The van der Waals surface area contributed by atoms with E-state index >= 15 is 0 Å². The molecule has 5 heteroatoms. The lowest BCUT2D eigenvalue weighted by Gasteiger charge is -2.08. The van der Waals surface area contributed by atoms with Crippen LogP contribution < -0.4 is 4.74 Å². The molecule has 0 spiro atoms. The molecule has 1 aromatic carbocycles. The van der Waals surface area contributed by atoms with Crippen molar-refractivity contribution >= 4 is 5.97 Å². The highest BCUT2D eigenvalue weighted by molar-refractivity contribution is 5.90. The number of alkyl halides is 2. The number of carboxylic acid groups (broad SMARTS) is 1. The molecule has 82 valence electrons. The smallest absolute Gasteiger partial charge is 0.339 e. The van der Waals surface area contributed by atoms with Gasteiger partial charge in [-0.1, -0.05) is 12.1 Å². The maximum Gasteiger partial charge on any atom is 0.339 e. The fraction of sp³-hybridized carbons (Fsp3) is 0.300. The van der Waals surface area contributed by atoms with Crippen LogP contribution in [0.25, 0.3) is 0 Å². The molecule has 0 radical (unpaired) electrons. The molecule has 0 aliphatic heterocycles. The van der Waals surface area contributed by atoms with Crippen LogP contribution in [0.2, 0.25) is 0 Å². The monoisotopic (exact) mass is 216 g/mol. The number of para-hydroxylation sites is 1. The second-order valence-corrected chi connectivity index (χ2v) is 2.83. The van der Waals surface area contributed by atoms with Crippen LogP contribution in [0.15, 0.2) is 24.3 Å². The third-order valence-corrected chi connectivity index (χ3v) is 1.71.